The third kappa shape index (κ3) is 4.24. The maximum absolute atomic E-state index is 13.1. The Balaban J connectivity index is 1.72. The number of nitrogens with one attached hydrogen (secondary N) is 1. The Hall–Kier alpha value is -2.34. The lowest BCUT2D eigenvalue weighted by Gasteiger charge is -2.38. The van der Waals surface area contributed by atoms with Crippen LogP contribution in [0.25, 0.3) is 17.1 Å². The molecule has 0 spiro atoms. The largest absolute Gasteiger partial charge is 0.299 e. The Kier molecular flexibility index (Phi) is 6.14. The van der Waals surface area contributed by atoms with Crippen molar-refractivity contribution in [3.8, 4) is 17.1 Å². The Labute approximate surface area is 186 Å². The van der Waals surface area contributed by atoms with E-state index in [1.165, 1.54) is 6.42 Å². The van der Waals surface area contributed by atoms with E-state index in [1.807, 2.05) is 58.1 Å². The van der Waals surface area contributed by atoms with Crippen LogP contribution in [0.4, 0.5) is 0 Å². The number of halogens is 2. The molecule has 0 saturated carbocycles. The molecule has 2 aromatic carbocycles. The molecule has 0 aliphatic carbocycles. The quantitative estimate of drug-likeness (QED) is 0.558. The number of benzene rings is 2. The van der Waals surface area contributed by atoms with E-state index in [-0.39, 0.29) is 5.91 Å². The molecule has 2 atom stereocenters. The van der Waals surface area contributed by atoms with Gasteiger partial charge in [-0.05, 0) is 63.1 Å². The lowest BCUT2D eigenvalue weighted by molar-refractivity contribution is 0.0366. The minimum atomic E-state index is -0.225. The monoisotopic (exact) mass is 442 g/mol. The molecular formula is C23H24Cl2N4O. The summed E-state index contributed by atoms with van der Waals surface area (Å²) in [6, 6.07) is 15.5. The molecule has 1 aromatic heterocycles. The van der Waals surface area contributed by atoms with Crippen LogP contribution in [0.1, 0.15) is 43.6 Å². The molecule has 4 rings (SSSR count). The van der Waals surface area contributed by atoms with Gasteiger partial charge in [-0.15, -0.1) is 0 Å². The van der Waals surface area contributed by atoms with Gasteiger partial charge in [0.25, 0.3) is 5.91 Å². The minimum absolute atomic E-state index is 0.225. The number of rotatable bonds is 4. The van der Waals surface area contributed by atoms with Crippen molar-refractivity contribution < 1.29 is 4.79 Å². The van der Waals surface area contributed by atoms with Crippen molar-refractivity contribution in [1.29, 1.82) is 0 Å². The average Bonchev–Trinajstić information content (AvgIpc) is 3.17. The highest BCUT2D eigenvalue weighted by molar-refractivity contribution is 6.33. The van der Waals surface area contributed by atoms with E-state index in [1.54, 1.807) is 6.20 Å². The highest BCUT2D eigenvalue weighted by Gasteiger charge is 2.27. The third-order valence-corrected chi connectivity index (χ3v) is 6.16. The lowest BCUT2D eigenvalue weighted by atomic mass is 10.00. The van der Waals surface area contributed by atoms with Crippen molar-refractivity contribution >= 4 is 29.1 Å². The zero-order valence-corrected chi connectivity index (χ0v) is 18.5. The molecule has 2 heterocycles. The second-order valence-electron chi connectivity index (χ2n) is 7.75. The minimum Gasteiger partial charge on any atom is -0.299 e. The zero-order chi connectivity index (χ0) is 21.3. The topological polar surface area (TPSA) is 50.2 Å². The highest BCUT2D eigenvalue weighted by atomic mass is 35.5. The summed E-state index contributed by atoms with van der Waals surface area (Å²) in [4.78, 5) is 17.8. The molecule has 1 amide bonds. The van der Waals surface area contributed by atoms with Crippen molar-refractivity contribution in [2.75, 3.05) is 0 Å². The van der Waals surface area contributed by atoms with Gasteiger partial charge in [0.2, 0.25) is 0 Å². The van der Waals surface area contributed by atoms with E-state index in [0.29, 0.717) is 33.6 Å². The number of carbonyl (C=O) groups excluding carboxylic acids is 1. The fourth-order valence-corrected chi connectivity index (χ4v) is 4.28. The standard InChI is InChI=1S/C23H24Cl2N4O/c1-15-6-5-7-16(2)29(15)27-23(30)21-14-28(18-12-10-17(24)11-13-18)22(26-21)19-8-3-4-9-20(19)25/h3-4,8-16H,5-7H2,1-2H3,(H,27,30). The van der Waals surface area contributed by atoms with E-state index in [2.05, 4.69) is 24.3 Å². The molecule has 0 bridgehead atoms. The first kappa shape index (κ1) is 20.9. The Bertz CT molecular complexity index is 1040. The molecule has 5 nitrogen and oxygen atoms in total. The molecule has 1 aliphatic heterocycles. The Morgan fingerprint density at radius 1 is 1.03 bits per heavy atom. The van der Waals surface area contributed by atoms with Gasteiger partial charge in [0.1, 0.15) is 11.5 Å². The third-order valence-electron chi connectivity index (χ3n) is 5.58. The van der Waals surface area contributed by atoms with Crippen LogP contribution in [0, 0.1) is 0 Å². The van der Waals surface area contributed by atoms with E-state index in [0.717, 1.165) is 24.1 Å². The second-order valence-corrected chi connectivity index (χ2v) is 8.60. The van der Waals surface area contributed by atoms with Crippen LogP contribution in [-0.4, -0.2) is 32.6 Å². The van der Waals surface area contributed by atoms with E-state index >= 15 is 0 Å². The number of imidazole rings is 1. The van der Waals surface area contributed by atoms with Crippen LogP contribution in [-0.2, 0) is 0 Å². The number of piperidine rings is 1. The molecule has 30 heavy (non-hydrogen) atoms. The van der Waals surface area contributed by atoms with Crippen molar-refractivity contribution in [1.82, 2.24) is 20.0 Å². The number of carbonyl (C=O) groups is 1. The van der Waals surface area contributed by atoms with Crippen LogP contribution >= 0.6 is 23.2 Å². The first-order valence-electron chi connectivity index (χ1n) is 10.1. The number of nitrogens with zero attached hydrogens (tertiary/aromatic N) is 3. The Morgan fingerprint density at radius 3 is 2.37 bits per heavy atom. The summed E-state index contributed by atoms with van der Waals surface area (Å²) in [6.45, 7) is 4.27. The molecule has 1 fully saturated rings. The van der Waals surface area contributed by atoms with Crippen LogP contribution in [0.15, 0.2) is 54.7 Å². The SMILES string of the molecule is CC1CCCC(C)N1NC(=O)c1cn(-c2ccc(Cl)cc2)c(-c2ccccc2Cl)n1. The van der Waals surface area contributed by atoms with Gasteiger partial charge in [-0.3, -0.25) is 14.8 Å². The van der Waals surface area contributed by atoms with Crippen molar-refractivity contribution in [3.63, 3.8) is 0 Å². The number of amides is 1. The van der Waals surface area contributed by atoms with E-state index in [9.17, 15) is 4.79 Å². The summed E-state index contributed by atoms with van der Waals surface area (Å²) in [5.41, 5.74) is 5.01. The molecule has 2 unspecified atom stereocenters. The van der Waals surface area contributed by atoms with Crippen molar-refractivity contribution in [2.45, 2.75) is 45.2 Å². The van der Waals surface area contributed by atoms with Gasteiger partial charge < -0.3 is 0 Å². The van der Waals surface area contributed by atoms with Gasteiger partial charge in [0.05, 0.1) is 5.02 Å². The average molecular weight is 443 g/mol. The molecule has 3 aromatic rings. The number of aromatic nitrogens is 2. The summed E-state index contributed by atoms with van der Waals surface area (Å²) in [6.07, 6.45) is 5.05. The molecule has 7 heteroatoms. The molecular weight excluding hydrogens is 419 g/mol. The molecule has 156 valence electrons. The summed E-state index contributed by atoms with van der Waals surface area (Å²) in [7, 11) is 0. The first-order chi connectivity index (χ1) is 14.4. The first-order valence-corrected chi connectivity index (χ1v) is 10.9. The van der Waals surface area contributed by atoms with Crippen LogP contribution in [0.3, 0.4) is 0 Å². The predicted octanol–water partition coefficient (Wildman–Crippen LogP) is 5.75. The van der Waals surface area contributed by atoms with Gasteiger partial charge in [-0.2, -0.15) is 0 Å². The van der Waals surface area contributed by atoms with Gasteiger partial charge >= 0.3 is 0 Å². The maximum atomic E-state index is 13.1. The zero-order valence-electron chi connectivity index (χ0n) is 17.0. The smallest absolute Gasteiger partial charge is 0.285 e. The van der Waals surface area contributed by atoms with Crippen molar-refractivity contribution in [2.24, 2.45) is 0 Å². The molecule has 1 N–H and O–H groups in total. The fraction of sp³-hybridized carbons (Fsp3) is 0.304. The molecule has 1 saturated heterocycles. The summed E-state index contributed by atoms with van der Waals surface area (Å²) >= 11 is 12.5. The second kappa shape index (κ2) is 8.80. The molecule has 1 aliphatic rings. The summed E-state index contributed by atoms with van der Waals surface area (Å²) < 4.78 is 1.87. The predicted molar refractivity (Wildman–Crippen MR) is 121 cm³/mol. The Morgan fingerprint density at radius 2 is 1.70 bits per heavy atom. The normalized spacial score (nSPS) is 19.6. The van der Waals surface area contributed by atoms with Crippen LogP contribution in [0.5, 0.6) is 0 Å². The van der Waals surface area contributed by atoms with Gasteiger partial charge in [0, 0.05) is 34.6 Å². The number of hydrogen-bond donors (Lipinski definition) is 1. The van der Waals surface area contributed by atoms with Gasteiger partial charge in [0.15, 0.2) is 0 Å². The van der Waals surface area contributed by atoms with Gasteiger partial charge in [-0.1, -0.05) is 41.8 Å². The molecule has 0 radical (unpaired) electrons. The highest BCUT2D eigenvalue weighted by Crippen LogP contribution is 2.30. The number of hydrazine groups is 1. The fourth-order valence-electron chi connectivity index (χ4n) is 3.94. The maximum Gasteiger partial charge on any atom is 0.285 e. The number of hydrogen-bond acceptors (Lipinski definition) is 3. The van der Waals surface area contributed by atoms with E-state index < -0.39 is 0 Å². The van der Waals surface area contributed by atoms with E-state index in [4.69, 9.17) is 23.2 Å². The van der Waals surface area contributed by atoms with Gasteiger partial charge in [-0.25, -0.2) is 9.99 Å². The van der Waals surface area contributed by atoms with Crippen LogP contribution in [0.2, 0.25) is 10.0 Å². The lowest BCUT2D eigenvalue weighted by Crippen LogP contribution is -2.54. The van der Waals surface area contributed by atoms with Crippen molar-refractivity contribution in [3.05, 3.63) is 70.5 Å². The van der Waals surface area contributed by atoms with Crippen LogP contribution < -0.4 is 5.43 Å². The summed E-state index contributed by atoms with van der Waals surface area (Å²) in [5.74, 6) is 0.379. The summed E-state index contributed by atoms with van der Waals surface area (Å²) in [5, 5.41) is 3.26.